The molecule has 0 saturated heterocycles. The van der Waals surface area contributed by atoms with Crippen LogP contribution in [0.5, 0.6) is 0 Å². The molecule has 3 nitrogen and oxygen atoms in total. The van der Waals surface area contributed by atoms with Gasteiger partial charge in [-0.2, -0.15) is 0 Å². The van der Waals surface area contributed by atoms with Gasteiger partial charge in [-0.1, -0.05) is 5.16 Å². The van der Waals surface area contributed by atoms with E-state index < -0.39 is 0 Å². The van der Waals surface area contributed by atoms with Gasteiger partial charge in [0, 0.05) is 12.1 Å². The molecular formula is C6H7ClN2O. The molecule has 54 valence electrons. The Kier molecular flexibility index (Phi) is 1.39. The molecule has 1 aliphatic rings. The van der Waals surface area contributed by atoms with Gasteiger partial charge in [0.25, 0.3) is 0 Å². The highest BCUT2D eigenvalue weighted by atomic mass is 35.5. The highest BCUT2D eigenvalue weighted by molar-refractivity contribution is 6.29. The fraction of sp³-hybridized carbons (Fsp3) is 0.500. The molecule has 10 heavy (non-hydrogen) atoms. The van der Waals surface area contributed by atoms with E-state index in [0.29, 0.717) is 5.22 Å². The third kappa shape index (κ3) is 0.822. The Morgan fingerprint density at radius 1 is 1.60 bits per heavy atom. The zero-order valence-corrected chi connectivity index (χ0v) is 6.11. The van der Waals surface area contributed by atoms with E-state index in [1.54, 1.807) is 0 Å². The molecular weight excluding hydrogens is 152 g/mol. The molecule has 2 rings (SSSR count). The van der Waals surface area contributed by atoms with E-state index in [1.807, 2.05) is 0 Å². The van der Waals surface area contributed by atoms with Crippen molar-refractivity contribution in [2.24, 2.45) is 0 Å². The van der Waals surface area contributed by atoms with Crippen molar-refractivity contribution in [3.8, 4) is 0 Å². The van der Waals surface area contributed by atoms with E-state index in [1.165, 1.54) is 0 Å². The lowest BCUT2D eigenvalue weighted by Crippen LogP contribution is -2.23. The zero-order valence-electron chi connectivity index (χ0n) is 5.35. The number of hydrogen-bond acceptors (Lipinski definition) is 3. The summed E-state index contributed by atoms with van der Waals surface area (Å²) in [7, 11) is 0. The predicted molar refractivity (Wildman–Crippen MR) is 36.9 cm³/mol. The number of halogens is 1. The molecule has 0 spiro atoms. The first-order valence-electron chi connectivity index (χ1n) is 3.21. The summed E-state index contributed by atoms with van der Waals surface area (Å²) >= 11 is 5.70. The summed E-state index contributed by atoms with van der Waals surface area (Å²) in [4.78, 5) is 0. The van der Waals surface area contributed by atoms with E-state index in [4.69, 9.17) is 16.1 Å². The molecule has 0 saturated carbocycles. The maximum absolute atomic E-state index is 5.70. The van der Waals surface area contributed by atoms with Crippen LogP contribution in [-0.4, -0.2) is 11.7 Å². The fourth-order valence-electron chi connectivity index (χ4n) is 1.12. The van der Waals surface area contributed by atoms with E-state index in [-0.39, 0.29) is 0 Å². The van der Waals surface area contributed by atoms with Crippen LogP contribution >= 0.6 is 11.6 Å². The van der Waals surface area contributed by atoms with Crippen molar-refractivity contribution in [3.05, 3.63) is 16.5 Å². The number of hydrogen-bond donors (Lipinski definition) is 1. The van der Waals surface area contributed by atoms with Crippen molar-refractivity contribution >= 4 is 11.6 Å². The molecule has 0 aliphatic carbocycles. The molecule has 0 amide bonds. The molecule has 1 aromatic rings. The SMILES string of the molecule is Clc1onc2c1CCNC2. The Hall–Kier alpha value is -0.540. The molecule has 0 fully saturated rings. The normalized spacial score (nSPS) is 16.9. The van der Waals surface area contributed by atoms with Crippen LogP contribution in [0.4, 0.5) is 0 Å². The van der Waals surface area contributed by atoms with Crippen LogP contribution in [0.3, 0.4) is 0 Å². The average molecular weight is 159 g/mol. The van der Waals surface area contributed by atoms with Gasteiger partial charge in [-0.05, 0) is 24.6 Å². The van der Waals surface area contributed by atoms with Crippen molar-refractivity contribution in [3.63, 3.8) is 0 Å². The van der Waals surface area contributed by atoms with Crippen LogP contribution in [0.1, 0.15) is 11.3 Å². The first-order valence-corrected chi connectivity index (χ1v) is 3.59. The Morgan fingerprint density at radius 2 is 2.50 bits per heavy atom. The van der Waals surface area contributed by atoms with E-state index in [0.717, 1.165) is 30.8 Å². The summed E-state index contributed by atoms with van der Waals surface area (Å²) in [6, 6.07) is 0. The minimum Gasteiger partial charge on any atom is -0.344 e. The molecule has 1 aliphatic heterocycles. The first-order chi connectivity index (χ1) is 4.88. The highest BCUT2D eigenvalue weighted by Gasteiger charge is 2.16. The van der Waals surface area contributed by atoms with Gasteiger partial charge in [-0.3, -0.25) is 0 Å². The molecule has 1 aromatic heterocycles. The average Bonchev–Trinajstić information content (AvgIpc) is 2.34. The number of nitrogens with zero attached hydrogens (tertiary/aromatic N) is 1. The van der Waals surface area contributed by atoms with Crippen LogP contribution in [0.15, 0.2) is 4.52 Å². The molecule has 0 atom stereocenters. The number of fused-ring (bicyclic) bond motifs is 1. The van der Waals surface area contributed by atoms with Gasteiger partial charge in [0.1, 0.15) is 5.69 Å². The van der Waals surface area contributed by atoms with Crippen LogP contribution in [-0.2, 0) is 13.0 Å². The number of aromatic nitrogens is 1. The predicted octanol–water partition coefficient (Wildman–Crippen LogP) is 0.974. The Bertz CT molecular complexity index is 246. The lowest BCUT2D eigenvalue weighted by atomic mass is 10.1. The number of rotatable bonds is 0. The molecule has 0 aromatic carbocycles. The van der Waals surface area contributed by atoms with Crippen molar-refractivity contribution in [2.75, 3.05) is 6.54 Å². The summed E-state index contributed by atoms with van der Waals surface area (Å²) in [6.45, 7) is 1.75. The topological polar surface area (TPSA) is 38.1 Å². The standard InChI is InChI=1S/C6H7ClN2O/c7-6-4-1-2-8-3-5(4)9-10-6/h8H,1-3H2. The maximum Gasteiger partial charge on any atom is 0.229 e. The lowest BCUT2D eigenvalue weighted by molar-refractivity contribution is 0.411. The number of nitrogens with one attached hydrogen (secondary N) is 1. The Labute approximate surface area is 63.3 Å². The van der Waals surface area contributed by atoms with Crippen LogP contribution in [0, 0.1) is 0 Å². The quantitative estimate of drug-likeness (QED) is 0.612. The molecule has 0 radical (unpaired) electrons. The van der Waals surface area contributed by atoms with Crippen molar-refractivity contribution in [2.45, 2.75) is 13.0 Å². The monoisotopic (exact) mass is 158 g/mol. The molecule has 1 N–H and O–H groups in total. The van der Waals surface area contributed by atoms with Crippen LogP contribution in [0.2, 0.25) is 5.22 Å². The summed E-state index contributed by atoms with van der Waals surface area (Å²) in [5.74, 6) is 0. The third-order valence-electron chi connectivity index (χ3n) is 1.67. The van der Waals surface area contributed by atoms with Gasteiger partial charge < -0.3 is 9.84 Å². The Balaban J connectivity index is 2.45. The second-order valence-electron chi connectivity index (χ2n) is 2.31. The van der Waals surface area contributed by atoms with E-state index >= 15 is 0 Å². The largest absolute Gasteiger partial charge is 0.344 e. The van der Waals surface area contributed by atoms with Crippen molar-refractivity contribution < 1.29 is 4.52 Å². The maximum atomic E-state index is 5.70. The molecule has 0 unspecified atom stereocenters. The van der Waals surface area contributed by atoms with E-state index in [2.05, 4.69) is 10.5 Å². The van der Waals surface area contributed by atoms with Crippen LogP contribution < -0.4 is 5.32 Å². The molecule has 4 heteroatoms. The molecule has 2 heterocycles. The van der Waals surface area contributed by atoms with Gasteiger partial charge >= 0.3 is 0 Å². The first kappa shape index (κ1) is 6.19. The van der Waals surface area contributed by atoms with Gasteiger partial charge in [0.05, 0.1) is 0 Å². The van der Waals surface area contributed by atoms with Gasteiger partial charge in [0.2, 0.25) is 5.22 Å². The molecule has 0 bridgehead atoms. The Morgan fingerprint density at radius 3 is 3.30 bits per heavy atom. The zero-order chi connectivity index (χ0) is 6.97. The van der Waals surface area contributed by atoms with Gasteiger partial charge in [-0.25, -0.2) is 0 Å². The van der Waals surface area contributed by atoms with Crippen LogP contribution in [0.25, 0.3) is 0 Å². The summed E-state index contributed by atoms with van der Waals surface area (Å²) in [6.07, 6.45) is 0.928. The van der Waals surface area contributed by atoms with E-state index in [9.17, 15) is 0 Å². The third-order valence-corrected chi connectivity index (χ3v) is 1.96. The highest BCUT2D eigenvalue weighted by Crippen LogP contribution is 2.21. The summed E-state index contributed by atoms with van der Waals surface area (Å²) in [5, 5.41) is 7.42. The minimum absolute atomic E-state index is 0.455. The van der Waals surface area contributed by atoms with Gasteiger partial charge in [0.15, 0.2) is 0 Å². The minimum atomic E-state index is 0.455. The second-order valence-corrected chi connectivity index (χ2v) is 2.65. The van der Waals surface area contributed by atoms with Crippen molar-refractivity contribution in [1.82, 2.24) is 10.5 Å². The second kappa shape index (κ2) is 2.25. The fourth-order valence-corrected chi connectivity index (χ4v) is 1.36. The van der Waals surface area contributed by atoms with Gasteiger partial charge in [-0.15, -0.1) is 0 Å². The van der Waals surface area contributed by atoms with Crippen molar-refractivity contribution in [1.29, 1.82) is 0 Å². The summed E-state index contributed by atoms with van der Waals surface area (Å²) in [5.41, 5.74) is 2.02. The smallest absolute Gasteiger partial charge is 0.229 e. The lowest BCUT2D eigenvalue weighted by Gasteiger charge is -2.08. The summed E-state index contributed by atoms with van der Waals surface area (Å²) < 4.78 is 4.79.